The fourth-order valence-electron chi connectivity index (χ4n) is 2.86. The molecule has 0 amide bonds. The smallest absolute Gasteiger partial charge is 0.339 e. The Bertz CT molecular complexity index is 948. The van der Waals surface area contributed by atoms with E-state index in [2.05, 4.69) is 20.5 Å². The van der Waals surface area contributed by atoms with Gasteiger partial charge in [-0.1, -0.05) is 42.4 Å². The van der Waals surface area contributed by atoms with Gasteiger partial charge in [-0.3, -0.25) is 0 Å². The van der Waals surface area contributed by atoms with Crippen molar-refractivity contribution in [3.63, 3.8) is 0 Å². The molecule has 27 heavy (non-hydrogen) atoms. The minimum absolute atomic E-state index is 0.208. The number of nitrogens with one attached hydrogen (secondary N) is 1. The predicted octanol–water partition coefficient (Wildman–Crippen LogP) is 3.84. The average molecular weight is 364 g/mol. The van der Waals surface area contributed by atoms with Crippen LogP contribution < -0.4 is 19.5 Å². The van der Waals surface area contributed by atoms with Crippen LogP contribution in [-0.2, 0) is 0 Å². The maximum atomic E-state index is 6.19. The van der Waals surface area contributed by atoms with E-state index >= 15 is 0 Å². The van der Waals surface area contributed by atoms with Crippen LogP contribution in [0.5, 0.6) is 17.6 Å². The molecule has 4 rings (SSSR count). The van der Waals surface area contributed by atoms with Crippen LogP contribution >= 0.6 is 0 Å². The van der Waals surface area contributed by atoms with Crippen molar-refractivity contribution in [2.75, 3.05) is 19.0 Å². The lowest BCUT2D eigenvalue weighted by molar-refractivity contribution is 0.218. The van der Waals surface area contributed by atoms with Gasteiger partial charge >= 0.3 is 6.01 Å². The van der Waals surface area contributed by atoms with Gasteiger partial charge in [0.25, 0.3) is 0 Å². The Balaban J connectivity index is 1.78. The first-order chi connectivity index (χ1) is 13.3. The Kier molecular flexibility index (Phi) is 4.74. The number of nitrogens with zero attached hydrogens (tertiary/aromatic N) is 3. The maximum absolute atomic E-state index is 6.19. The highest BCUT2D eigenvalue weighted by atomic mass is 16.5. The molecule has 0 bridgehead atoms. The summed E-state index contributed by atoms with van der Waals surface area (Å²) < 4.78 is 17.0. The topological polar surface area (TPSA) is 78.4 Å². The van der Waals surface area contributed by atoms with Crippen molar-refractivity contribution < 1.29 is 14.2 Å². The highest BCUT2D eigenvalue weighted by Gasteiger charge is 2.26. The molecule has 0 aliphatic carbocycles. The number of methoxy groups -OCH3 is 1. The van der Waals surface area contributed by atoms with E-state index in [0.29, 0.717) is 18.2 Å². The van der Waals surface area contributed by atoms with Crippen molar-refractivity contribution in [3.8, 4) is 28.9 Å². The summed E-state index contributed by atoms with van der Waals surface area (Å²) in [7, 11) is 1.64. The maximum Gasteiger partial charge on any atom is 0.339 e. The number of rotatable bonds is 5. The van der Waals surface area contributed by atoms with Crippen LogP contribution in [-0.4, -0.2) is 28.9 Å². The molecule has 1 aromatic heterocycles. The number of hydrogen-bond acceptors (Lipinski definition) is 7. The Hall–Kier alpha value is -3.35. The lowest BCUT2D eigenvalue weighted by Gasteiger charge is -2.19. The number of fused-ring (bicyclic) bond motifs is 3. The minimum atomic E-state index is -0.460. The Labute approximate surface area is 157 Å². The van der Waals surface area contributed by atoms with Crippen molar-refractivity contribution in [1.29, 1.82) is 0 Å². The molecule has 0 fully saturated rings. The molecule has 1 atom stereocenters. The SMILES string of the molecule is CCCOc1nnc2c(n1)OC(c1cccc(OC)c1)Nc1ccccc1-2. The number of anilines is 1. The van der Waals surface area contributed by atoms with E-state index in [1.54, 1.807) is 7.11 Å². The van der Waals surface area contributed by atoms with E-state index in [0.717, 1.165) is 29.0 Å². The zero-order valence-corrected chi connectivity index (χ0v) is 15.2. The molecule has 3 aromatic rings. The number of hydrogen-bond donors (Lipinski definition) is 1. The van der Waals surface area contributed by atoms with Crippen molar-refractivity contribution in [2.45, 2.75) is 19.6 Å². The van der Waals surface area contributed by atoms with Gasteiger partial charge in [0.15, 0.2) is 11.9 Å². The molecule has 2 aromatic carbocycles. The van der Waals surface area contributed by atoms with Crippen molar-refractivity contribution in [2.24, 2.45) is 0 Å². The molecule has 138 valence electrons. The molecule has 0 radical (unpaired) electrons. The van der Waals surface area contributed by atoms with Crippen LogP contribution in [0.15, 0.2) is 48.5 Å². The number of benzene rings is 2. The average Bonchev–Trinajstić information content (AvgIpc) is 2.88. The van der Waals surface area contributed by atoms with E-state index in [4.69, 9.17) is 14.2 Å². The second-order valence-corrected chi connectivity index (χ2v) is 6.06. The van der Waals surface area contributed by atoms with Gasteiger partial charge in [0, 0.05) is 16.8 Å². The van der Waals surface area contributed by atoms with Crippen LogP contribution in [0.2, 0.25) is 0 Å². The molecular formula is C20H20N4O3. The van der Waals surface area contributed by atoms with Gasteiger partial charge in [-0.15, -0.1) is 5.10 Å². The zero-order valence-electron chi connectivity index (χ0n) is 15.2. The highest BCUT2D eigenvalue weighted by molar-refractivity contribution is 5.79. The van der Waals surface area contributed by atoms with E-state index < -0.39 is 6.23 Å². The molecule has 1 aliphatic heterocycles. The first kappa shape index (κ1) is 17.1. The quantitative estimate of drug-likeness (QED) is 0.737. The normalized spacial score (nSPS) is 14.8. The van der Waals surface area contributed by atoms with Gasteiger partial charge in [-0.25, -0.2) is 0 Å². The van der Waals surface area contributed by atoms with Crippen molar-refractivity contribution in [1.82, 2.24) is 15.2 Å². The van der Waals surface area contributed by atoms with Crippen molar-refractivity contribution in [3.05, 3.63) is 54.1 Å². The fraction of sp³-hybridized carbons (Fsp3) is 0.250. The molecule has 1 unspecified atom stereocenters. The monoisotopic (exact) mass is 364 g/mol. The zero-order chi connectivity index (χ0) is 18.6. The summed E-state index contributed by atoms with van der Waals surface area (Å²) in [5.41, 5.74) is 3.25. The Morgan fingerprint density at radius 2 is 2.00 bits per heavy atom. The Morgan fingerprint density at radius 1 is 1.11 bits per heavy atom. The largest absolute Gasteiger partial charge is 0.497 e. The molecule has 7 heteroatoms. The summed E-state index contributed by atoms with van der Waals surface area (Å²) in [4.78, 5) is 4.44. The fourth-order valence-corrected chi connectivity index (χ4v) is 2.86. The number of ether oxygens (including phenoxy) is 3. The van der Waals surface area contributed by atoms with Crippen LogP contribution in [0.25, 0.3) is 11.3 Å². The highest BCUT2D eigenvalue weighted by Crippen LogP contribution is 2.39. The number of para-hydroxylation sites is 1. The third kappa shape index (κ3) is 3.48. The van der Waals surface area contributed by atoms with Gasteiger partial charge in [-0.05, 0) is 24.6 Å². The van der Waals surface area contributed by atoms with Crippen LogP contribution in [0, 0.1) is 0 Å². The summed E-state index contributed by atoms with van der Waals surface area (Å²) in [5, 5.41) is 11.8. The predicted molar refractivity (Wildman–Crippen MR) is 101 cm³/mol. The molecule has 2 heterocycles. The molecule has 0 saturated heterocycles. The summed E-state index contributed by atoms with van der Waals surface area (Å²) in [6.07, 6.45) is 0.399. The summed E-state index contributed by atoms with van der Waals surface area (Å²) in [6, 6.07) is 15.8. The second-order valence-electron chi connectivity index (χ2n) is 6.06. The Morgan fingerprint density at radius 3 is 2.85 bits per heavy atom. The first-order valence-corrected chi connectivity index (χ1v) is 8.82. The standard InChI is InChI=1S/C20H20N4O3/c1-3-11-26-20-22-19-17(23-24-20)15-9-4-5-10-16(15)21-18(27-19)13-7-6-8-14(12-13)25-2/h4-10,12,18,21H,3,11H2,1-2H3. The second kappa shape index (κ2) is 7.49. The lowest BCUT2D eigenvalue weighted by atomic mass is 10.1. The lowest BCUT2D eigenvalue weighted by Crippen LogP contribution is -2.17. The molecule has 7 nitrogen and oxygen atoms in total. The van der Waals surface area contributed by atoms with Crippen LogP contribution in [0.1, 0.15) is 25.1 Å². The van der Waals surface area contributed by atoms with Gasteiger partial charge in [-0.2, -0.15) is 4.98 Å². The van der Waals surface area contributed by atoms with Gasteiger partial charge in [0.2, 0.25) is 5.88 Å². The summed E-state index contributed by atoms with van der Waals surface area (Å²) in [5.74, 6) is 1.13. The third-order valence-electron chi connectivity index (χ3n) is 4.17. The molecule has 1 aliphatic rings. The molecule has 0 spiro atoms. The first-order valence-electron chi connectivity index (χ1n) is 8.82. The summed E-state index contributed by atoms with van der Waals surface area (Å²) >= 11 is 0. The van der Waals surface area contributed by atoms with E-state index in [9.17, 15) is 0 Å². The molecular weight excluding hydrogens is 344 g/mol. The van der Waals surface area contributed by atoms with E-state index in [-0.39, 0.29) is 6.01 Å². The molecule has 0 saturated carbocycles. The van der Waals surface area contributed by atoms with Gasteiger partial charge in [0.05, 0.1) is 13.7 Å². The van der Waals surface area contributed by atoms with E-state index in [1.165, 1.54) is 0 Å². The third-order valence-corrected chi connectivity index (χ3v) is 4.17. The summed E-state index contributed by atoms with van der Waals surface area (Å²) in [6.45, 7) is 2.54. The number of aromatic nitrogens is 3. The van der Waals surface area contributed by atoms with Crippen LogP contribution in [0.4, 0.5) is 5.69 Å². The van der Waals surface area contributed by atoms with Gasteiger partial charge < -0.3 is 19.5 Å². The minimum Gasteiger partial charge on any atom is -0.497 e. The van der Waals surface area contributed by atoms with Crippen LogP contribution in [0.3, 0.4) is 0 Å². The molecule has 1 N–H and O–H groups in total. The van der Waals surface area contributed by atoms with Gasteiger partial charge in [0.1, 0.15) is 5.75 Å². The van der Waals surface area contributed by atoms with E-state index in [1.807, 2.05) is 55.5 Å². The van der Waals surface area contributed by atoms with Crippen molar-refractivity contribution >= 4 is 5.69 Å².